The lowest BCUT2D eigenvalue weighted by molar-refractivity contribution is 0.755. The van der Waals surface area contributed by atoms with E-state index in [1.165, 1.54) is 22.9 Å². The van der Waals surface area contributed by atoms with Crippen LogP contribution in [0.2, 0.25) is 0 Å². The third-order valence-electron chi connectivity index (χ3n) is 3.94. The quantitative estimate of drug-likeness (QED) is 0.567. The van der Waals surface area contributed by atoms with Crippen molar-refractivity contribution in [2.24, 2.45) is 0 Å². The van der Waals surface area contributed by atoms with E-state index in [0.29, 0.717) is 5.16 Å². The van der Waals surface area contributed by atoms with Crippen LogP contribution in [-0.4, -0.2) is 25.2 Å². The van der Waals surface area contributed by atoms with Crippen LogP contribution in [0.4, 0.5) is 0 Å². The molecule has 0 radical (unpaired) electrons. The minimum absolute atomic E-state index is 0.695. The smallest absolute Gasteiger partial charge is 0.220 e. The fraction of sp³-hybridized carbons (Fsp3) is 0.111. The number of para-hydroxylation sites is 1. The Morgan fingerprint density at radius 1 is 0.917 bits per heavy atom. The van der Waals surface area contributed by atoms with Crippen molar-refractivity contribution in [3.63, 3.8) is 0 Å². The average Bonchev–Trinajstić information content (AvgIpc) is 3.05. The molecule has 24 heavy (non-hydrogen) atoms. The van der Waals surface area contributed by atoms with Crippen LogP contribution in [0.5, 0.6) is 0 Å². The van der Waals surface area contributed by atoms with Crippen LogP contribution in [0.1, 0.15) is 11.1 Å². The van der Waals surface area contributed by atoms with Crippen molar-refractivity contribution in [1.29, 1.82) is 0 Å². The van der Waals surface area contributed by atoms with Crippen molar-refractivity contribution in [3.8, 4) is 5.69 Å². The molecule has 5 nitrogen and oxygen atoms in total. The second-order valence-corrected chi connectivity index (χ2v) is 6.57. The molecule has 0 atom stereocenters. The fourth-order valence-corrected chi connectivity index (χ4v) is 3.23. The van der Waals surface area contributed by atoms with Gasteiger partial charge in [0.2, 0.25) is 5.16 Å². The molecular formula is C18H15N5S. The van der Waals surface area contributed by atoms with Crippen LogP contribution < -0.4 is 0 Å². The second kappa shape index (κ2) is 6.05. The molecule has 118 valence electrons. The molecule has 0 bridgehead atoms. The zero-order chi connectivity index (χ0) is 16.5. The van der Waals surface area contributed by atoms with E-state index in [-0.39, 0.29) is 0 Å². The number of tetrazole rings is 1. The first-order chi connectivity index (χ1) is 11.7. The highest BCUT2D eigenvalue weighted by atomic mass is 32.2. The Labute approximate surface area is 143 Å². The van der Waals surface area contributed by atoms with Crippen LogP contribution in [0, 0.1) is 13.8 Å². The van der Waals surface area contributed by atoms with Crippen LogP contribution in [0.3, 0.4) is 0 Å². The maximum atomic E-state index is 4.67. The molecule has 2 heterocycles. The van der Waals surface area contributed by atoms with E-state index < -0.39 is 0 Å². The van der Waals surface area contributed by atoms with E-state index in [9.17, 15) is 0 Å². The minimum atomic E-state index is 0.695. The highest BCUT2D eigenvalue weighted by Crippen LogP contribution is 2.27. The summed E-state index contributed by atoms with van der Waals surface area (Å²) in [6, 6.07) is 18.3. The number of rotatable bonds is 3. The van der Waals surface area contributed by atoms with E-state index >= 15 is 0 Å². The van der Waals surface area contributed by atoms with Gasteiger partial charge in [0.25, 0.3) is 0 Å². The molecule has 0 aliphatic rings. The van der Waals surface area contributed by atoms with Crippen molar-refractivity contribution in [2.45, 2.75) is 24.0 Å². The number of aromatic nitrogens is 5. The van der Waals surface area contributed by atoms with Gasteiger partial charge >= 0.3 is 0 Å². The molecule has 0 amide bonds. The lowest BCUT2D eigenvalue weighted by atomic mass is 10.1. The van der Waals surface area contributed by atoms with Gasteiger partial charge in [0.15, 0.2) is 0 Å². The van der Waals surface area contributed by atoms with E-state index in [4.69, 9.17) is 0 Å². The summed E-state index contributed by atoms with van der Waals surface area (Å²) in [5, 5.41) is 14.8. The van der Waals surface area contributed by atoms with Crippen molar-refractivity contribution in [2.75, 3.05) is 0 Å². The molecular weight excluding hydrogens is 318 g/mol. The molecule has 0 unspecified atom stereocenters. The molecule has 6 heteroatoms. The maximum Gasteiger partial charge on any atom is 0.220 e. The summed E-state index contributed by atoms with van der Waals surface area (Å²) in [4.78, 5) is 4.67. The van der Waals surface area contributed by atoms with Crippen LogP contribution in [0.15, 0.2) is 64.8 Å². The standard InChI is InChI=1S/C18H15N5S/c1-12-7-9-15(11-13(12)2)23-18(20-21-22-23)24-17-10-8-14-5-3-4-6-16(14)19-17/h3-11H,1-2H3. The molecule has 0 N–H and O–H groups in total. The normalized spacial score (nSPS) is 11.1. The third kappa shape index (κ3) is 2.76. The third-order valence-corrected chi connectivity index (χ3v) is 4.82. The van der Waals surface area contributed by atoms with Crippen LogP contribution >= 0.6 is 11.8 Å². The summed E-state index contributed by atoms with van der Waals surface area (Å²) in [7, 11) is 0. The van der Waals surface area contributed by atoms with Gasteiger partial charge in [0.05, 0.1) is 11.2 Å². The number of hydrogen-bond acceptors (Lipinski definition) is 5. The van der Waals surface area contributed by atoms with Gasteiger partial charge in [-0.05, 0) is 71.4 Å². The fourth-order valence-electron chi connectivity index (χ4n) is 2.46. The molecule has 4 aromatic rings. The lowest BCUT2D eigenvalue weighted by Gasteiger charge is -2.07. The Kier molecular flexibility index (Phi) is 3.74. The second-order valence-electron chi connectivity index (χ2n) is 5.59. The summed E-state index contributed by atoms with van der Waals surface area (Å²) in [5.41, 5.74) is 4.37. The molecule has 2 aromatic heterocycles. The number of nitrogens with zero attached hydrogens (tertiary/aromatic N) is 5. The SMILES string of the molecule is Cc1ccc(-n2nnnc2Sc2ccc3ccccc3n2)cc1C. The van der Waals surface area contributed by atoms with Crippen molar-refractivity contribution in [1.82, 2.24) is 25.2 Å². The summed E-state index contributed by atoms with van der Waals surface area (Å²) in [5.74, 6) is 0. The van der Waals surface area contributed by atoms with E-state index in [2.05, 4.69) is 58.6 Å². The van der Waals surface area contributed by atoms with Gasteiger partial charge in [0.1, 0.15) is 5.03 Å². The summed E-state index contributed by atoms with van der Waals surface area (Å²) in [6.45, 7) is 4.17. The molecule has 0 spiro atoms. The Bertz CT molecular complexity index is 1020. The maximum absolute atomic E-state index is 4.67. The van der Waals surface area contributed by atoms with Crippen LogP contribution in [0.25, 0.3) is 16.6 Å². The van der Waals surface area contributed by atoms with Crippen molar-refractivity contribution >= 4 is 22.7 Å². The Morgan fingerprint density at radius 2 is 1.79 bits per heavy atom. The molecule has 0 saturated heterocycles. The molecule has 0 aliphatic heterocycles. The highest BCUT2D eigenvalue weighted by molar-refractivity contribution is 7.99. The Hall–Kier alpha value is -2.73. The first-order valence-electron chi connectivity index (χ1n) is 7.60. The largest absolute Gasteiger partial charge is 0.241 e. The summed E-state index contributed by atoms with van der Waals surface area (Å²) in [6.07, 6.45) is 0. The van der Waals surface area contributed by atoms with Crippen molar-refractivity contribution in [3.05, 3.63) is 65.7 Å². The monoisotopic (exact) mass is 333 g/mol. The molecule has 0 aliphatic carbocycles. The van der Waals surface area contributed by atoms with E-state index in [1.54, 1.807) is 4.68 Å². The van der Waals surface area contributed by atoms with Gasteiger partial charge in [-0.25, -0.2) is 4.98 Å². The Balaban J connectivity index is 1.70. The van der Waals surface area contributed by atoms with Gasteiger partial charge in [-0.3, -0.25) is 0 Å². The first-order valence-corrected chi connectivity index (χ1v) is 8.42. The summed E-state index contributed by atoms with van der Waals surface area (Å²) < 4.78 is 1.74. The van der Waals surface area contributed by atoms with E-state index in [0.717, 1.165) is 21.6 Å². The predicted octanol–water partition coefficient (Wildman–Crippen LogP) is 3.98. The topological polar surface area (TPSA) is 56.5 Å². The zero-order valence-electron chi connectivity index (χ0n) is 13.3. The van der Waals surface area contributed by atoms with Crippen LogP contribution in [-0.2, 0) is 0 Å². The number of hydrogen-bond donors (Lipinski definition) is 0. The Morgan fingerprint density at radius 3 is 2.67 bits per heavy atom. The molecule has 2 aromatic carbocycles. The molecule has 4 rings (SSSR count). The first kappa shape index (κ1) is 14.8. The van der Waals surface area contributed by atoms with Gasteiger partial charge in [-0.2, -0.15) is 4.68 Å². The number of benzene rings is 2. The number of fused-ring (bicyclic) bond motifs is 1. The minimum Gasteiger partial charge on any atom is -0.241 e. The molecule has 0 saturated carbocycles. The van der Waals surface area contributed by atoms with Gasteiger partial charge < -0.3 is 0 Å². The highest BCUT2D eigenvalue weighted by Gasteiger charge is 2.12. The average molecular weight is 333 g/mol. The van der Waals surface area contributed by atoms with Gasteiger partial charge in [-0.15, -0.1) is 5.10 Å². The van der Waals surface area contributed by atoms with E-state index in [1.807, 2.05) is 30.3 Å². The molecule has 0 fully saturated rings. The number of aryl methyl sites for hydroxylation is 2. The van der Waals surface area contributed by atoms with Crippen molar-refractivity contribution < 1.29 is 0 Å². The van der Waals surface area contributed by atoms with Gasteiger partial charge in [0, 0.05) is 5.39 Å². The zero-order valence-corrected chi connectivity index (χ0v) is 14.2. The predicted molar refractivity (Wildman–Crippen MR) is 94.5 cm³/mol. The number of pyridine rings is 1. The lowest BCUT2D eigenvalue weighted by Crippen LogP contribution is -2.00. The summed E-state index contributed by atoms with van der Waals surface area (Å²) >= 11 is 1.46. The van der Waals surface area contributed by atoms with Gasteiger partial charge in [-0.1, -0.05) is 30.3 Å².